The van der Waals surface area contributed by atoms with Crippen molar-refractivity contribution >= 4 is 16.9 Å². The topological polar surface area (TPSA) is 56.1 Å². The molecule has 1 amide bonds. The average molecular weight is 456 g/mol. The molecule has 5 nitrogen and oxygen atoms in total. The molecule has 0 saturated carbocycles. The van der Waals surface area contributed by atoms with E-state index in [9.17, 15) is 4.79 Å². The van der Waals surface area contributed by atoms with Crippen LogP contribution in [0.15, 0.2) is 72.8 Å². The third-order valence-corrected chi connectivity index (χ3v) is 6.09. The molecule has 0 saturated heterocycles. The molecule has 0 bridgehead atoms. The highest BCUT2D eigenvalue weighted by molar-refractivity contribution is 5.76. The zero-order valence-electron chi connectivity index (χ0n) is 20.1. The molecule has 0 fully saturated rings. The van der Waals surface area contributed by atoms with Crippen LogP contribution in [0.2, 0.25) is 0 Å². The number of benzene rings is 3. The first-order valence-corrected chi connectivity index (χ1v) is 12.1. The molecule has 0 aliphatic rings. The molecule has 1 heterocycles. The van der Waals surface area contributed by atoms with Gasteiger partial charge < -0.3 is 14.6 Å². The first kappa shape index (κ1) is 23.6. The number of hydrogen-bond donors (Lipinski definition) is 1. The van der Waals surface area contributed by atoms with Gasteiger partial charge in [-0.2, -0.15) is 0 Å². The molecule has 176 valence electrons. The number of para-hydroxylation sites is 3. The maximum Gasteiger partial charge on any atom is 0.220 e. The number of carbonyl (C=O) groups is 1. The van der Waals surface area contributed by atoms with E-state index in [1.54, 1.807) is 0 Å². The number of hydrogen-bond acceptors (Lipinski definition) is 3. The lowest BCUT2D eigenvalue weighted by Crippen LogP contribution is -2.25. The Morgan fingerprint density at radius 2 is 1.65 bits per heavy atom. The van der Waals surface area contributed by atoms with Crippen molar-refractivity contribution in [2.45, 2.75) is 46.1 Å². The van der Waals surface area contributed by atoms with Gasteiger partial charge in [0, 0.05) is 19.4 Å². The van der Waals surface area contributed by atoms with E-state index in [1.807, 2.05) is 36.4 Å². The van der Waals surface area contributed by atoms with Crippen molar-refractivity contribution in [3.05, 3.63) is 95.3 Å². The zero-order valence-corrected chi connectivity index (χ0v) is 20.1. The number of aromatic nitrogens is 2. The van der Waals surface area contributed by atoms with E-state index in [0.29, 0.717) is 19.6 Å². The van der Waals surface area contributed by atoms with Gasteiger partial charge in [0.1, 0.15) is 18.2 Å². The lowest BCUT2D eigenvalue weighted by Gasteiger charge is -2.14. The van der Waals surface area contributed by atoms with Gasteiger partial charge in [-0.05, 0) is 55.5 Å². The number of carbonyl (C=O) groups excluding carboxylic acids is 1. The number of aryl methyl sites for hydroxylation is 4. The van der Waals surface area contributed by atoms with Gasteiger partial charge in [-0.1, -0.05) is 60.7 Å². The third kappa shape index (κ3) is 6.04. The number of nitrogens with zero attached hydrogens (tertiary/aromatic N) is 2. The summed E-state index contributed by atoms with van der Waals surface area (Å²) in [7, 11) is 0. The minimum atomic E-state index is 0.0966. The van der Waals surface area contributed by atoms with E-state index in [0.717, 1.165) is 59.5 Å². The second-order valence-corrected chi connectivity index (χ2v) is 8.68. The van der Waals surface area contributed by atoms with Gasteiger partial charge in [0.25, 0.3) is 0 Å². The summed E-state index contributed by atoms with van der Waals surface area (Å²) in [6.07, 6.45) is 2.93. The summed E-state index contributed by atoms with van der Waals surface area (Å²) in [5.74, 6) is 2.09. The van der Waals surface area contributed by atoms with Crippen molar-refractivity contribution in [3.8, 4) is 5.75 Å². The lowest BCUT2D eigenvalue weighted by atomic mass is 10.1. The Kier molecular flexibility index (Phi) is 7.97. The Labute approximate surface area is 201 Å². The molecular formula is C29H33N3O2. The van der Waals surface area contributed by atoms with Gasteiger partial charge in [0.05, 0.1) is 17.6 Å². The highest BCUT2D eigenvalue weighted by Crippen LogP contribution is 2.23. The van der Waals surface area contributed by atoms with Crippen LogP contribution in [0.25, 0.3) is 11.0 Å². The summed E-state index contributed by atoms with van der Waals surface area (Å²) in [4.78, 5) is 17.1. The maximum absolute atomic E-state index is 12.2. The summed E-state index contributed by atoms with van der Waals surface area (Å²) in [5, 5.41) is 3.05. The normalized spacial score (nSPS) is 11.0. The van der Waals surface area contributed by atoms with Crippen LogP contribution in [0.1, 0.15) is 35.4 Å². The fraction of sp³-hybridized carbons (Fsp3) is 0.310. The summed E-state index contributed by atoms with van der Waals surface area (Å²) in [5.41, 5.74) is 5.61. The second-order valence-electron chi connectivity index (χ2n) is 8.68. The van der Waals surface area contributed by atoms with Crippen LogP contribution in [-0.4, -0.2) is 28.6 Å². The molecule has 4 aromatic rings. The van der Waals surface area contributed by atoms with Gasteiger partial charge in [-0.25, -0.2) is 4.98 Å². The fourth-order valence-corrected chi connectivity index (χ4v) is 4.30. The number of fused-ring (bicyclic) bond motifs is 1. The SMILES string of the molecule is Cc1cccc(C)c1OCCn1c(CCCNC(=O)CCc2ccccc2)nc2ccccc21. The van der Waals surface area contributed by atoms with Crippen LogP contribution < -0.4 is 10.1 Å². The van der Waals surface area contributed by atoms with Crippen molar-refractivity contribution in [2.24, 2.45) is 0 Å². The van der Waals surface area contributed by atoms with Gasteiger partial charge in [-0.3, -0.25) is 4.79 Å². The lowest BCUT2D eigenvalue weighted by molar-refractivity contribution is -0.121. The van der Waals surface area contributed by atoms with Crippen LogP contribution in [0.4, 0.5) is 0 Å². The smallest absolute Gasteiger partial charge is 0.220 e. The molecule has 0 spiro atoms. The van der Waals surface area contributed by atoms with Crippen LogP contribution in [0, 0.1) is 13.8 Å². The van der Waals surface area contributed by atoms with Crippen molar-refractivity contribution in [1.82, 2.24) is 14.9 Å². The number of amides is 1. The molecule has 4 rings (SSSR count). The van der Waals surface area contributed by atoms with Gasteiger partial charge in [-0.15, -0.1) is 0 Å². The molecule has 0 radical (unpaired) electrons. The quantitative estimate of drug-likeness (QED) is 0.308. The average Bonchev–Trinajstić information content (AvgIpc) is 3.20. The number of imidazole rings is 1. The summed E-state index contributed by atoms with van der Waals surface area (Å²) in [6, 6.07) is 24.6. The standard InChI is InChI=1S/C29H33N3O2/c1-22-10-8-11-23(2)29(22)34-21-20-32-26-15-7-6-14-25(26)31-27(32)16-9-19-30-28(33)18-17-24-12-4-3-5-13-24/h3-8,10-15H,9,16-21H2,1-2H3,(H,30,33). The van der Waals surface area contributed by atoms with E-state index in [4.69, 9.17) is 9.72 Å². The van der Waals surface area contributed by atoms with E-state index >= 15 is 0 Å². The van der Waals surface area contributed by atoms with Crippen LogP contribution >= 0.6 is 0 Å². The fourth-order valence-electron chi connectivity index (χ4n) is 4.30. The molecule has 5 heteroatoms. The largest absolute Gasteiger partial charge is 0.491 e. The van der Waals surface area contributed by atoms with Crippen LogP contribution in [0.3, 0.4) is 0 Å². The minimum Gasteiger partial charge on any atom is -0.491 e. The molecule has 0 unspecified atom stereocenters. The molecule has 0 aliphatic carbocycles. The first-order valence-electron chi connectivity index (χ1n) is 12.1. The summed E-state index contributed by atoms with van der Waals surface area (Å²) >= 11 is 0. The summed E-state index contributed by atoms with van der Waals surface area (Å²) < 4.78 is 8.41. The molecule has 1 aromatic heterocycles. The molecule has 1 N–H and O–H groups in total. The number of nitrogens with one attached hydrogen (secondary N) is 1. The zero-order chi connectivity index (χ0) is 23.8. The Morgan fingerprint density at radius 3 is 2.44 bits per heavy atom. The first-order chi connectivity index (χ1) is 16.6. The van der Waals surface area contributed by atoms with Crippen LogP contribution in [-0.2, 0) is 24.2 Å². The highest BCUT2D eigenvalue weighted by atomic mass is 16.5. The number of ether oxygens (including phenoxy) is 1. The minimum absolute atomic E-state index is 0.0966. The highest BCUT2D eigenvalue weighted by Gasteiger charge is 2.11. The molecule has 0 atom stereocenters. The Morgan fingerprint density at radius 1 is 0.912 bits per heavy atom. The monoisotopic (exact) mass is 455 g/mol. The van der Waals surface area contributed by atoms with Crippen LogP contribution in [0.5, 0.6) is 5.75 Å². The Hall–Kier alpha value is -3.60. The molecular weight excluding hydrogens is 422 g/mol. The van der Waals surface area contributed by atoms with Crippen molar-refractivity contribution in [3.63, 3.8) is 0 Å². The van der Waals surface area contributed by atoms with E-state index in [-0.39, 0.29) is 5.91 Å². The van der Waals surface area contributed by atoms with Gasteiger partial charge >= 0.3 is 0 Å². The predicted octanol–water partition coefficient (Wildman–Crippen LogP) is 5.41. The third-order valence-electron chi connectivity index (χ3n) is 6.09. The summed E-state index contributed by atoms with van der Waals surface area (Å²) in [6.45, 7) is 6.11. The maximum atomic E-state index is 12.2. The van der Waals surface area contributed by atoms with E-state index < -0.39 is 0 Å². The van der Waals surface area contributed by atoms with Gasteiger partial charge in [0.2, 0.25) is 5.91 Å². The molecule has 0 aliphatic heterocycles. The molecule has 34 heavy (non-hydrogen) atoms. The Bertz CT molecular complexity index is 1210. The molecule has 3 aromatic carbocycles. The Balaban J connectivity index is 1.31. The predicted molar refractivity (Wildman–Crippen MR) is 137 cm³/mol. The van der Waals surface area contributed by atoms with E-state index in [1.165, 1.54) is 5.56 Å². The number of rotatable bonds is 11. The van der Waals surface area contributed by atoms with E-state index in [2.05, 4.69) is 60.1 Å². The second kappa shape index (κ2) is 11.5. The van der Waals surface area contributed by atoms with Gasteiger partial charge in [0.15, 0.2) is 0 Å². The van der Waals surface area contributed by atoms with Crippen molar-refractivity contribution in [2.75, 3.05) is 13.2 Å². The van der Waals surface area contributed by atoms with Crippen molar-refractivity contribution < 1.29 is 9.53 Å². The van der Waals surface area contributed by atoms with Crippen molar-refractivity contribution in [1.29, 1.82) is 0 Å².